The molecule has 0 aromatic heterocycles. The summed E-state index contributed by atoms with van der Waals surface area (Å²) in [6, 6.07) is 0. The molecular weight excluding hydrogens is 304 g/mol. The monoisotopic (exact) mass is 340 g/mol. The molecule has 0 bridgehead atoms. The highest BCUT2D eigenvalue weighted by Crippen LogP contribution is 2.33. The molecule has 1 aliphatic carbocycles. The highest BCUT2D eigenvalue weighted by molar-refractivity contribution is 5.67. The molecule has 1 saturated heterocycles. The Kier molecular flexibility index (Phi) is 6.93. The number of rotatable bonds is 5. The fourth-order valence-electron chi connectivity index (χ4n) is 3.86. The van der Waals surface area contributed by atoms with E-state index in [0.717, 1.165) is 32.6 Å². The second-order valence-electron chi connectivity index (χ2n) is 8.62. The lowest BCUT2D eigenvalue weighted by molar-refractivity contribution is 0.0396. The van der Waals surface area contributed by atoms with Crippen molar-refractivity contribution in [3.05, 3.63) is 0 Å². The van der Waals surface area contributed by atoms with E-state index >= 15 is 0 Å². The van der Waals surface area contributed by atoms with Gasteiger partial charge in [-0.15, -0.1) is 0 Å². The van der Waals surface area contributed by atoms with E-state index in [1.54, 1.807) is 0 Å². The SMILES string of the molecule is CC1CCCCC1(CNC(=O)OC(C)(C)C)NCC1CCCOC1. The lowest BCUT2D eigenvalue weighted by Gasteiger charge is -2.44. The van der Waals surface area contributed by atoms with Crippen LogP contribution in [-0.4, -0.2) is 43.5 Å². The van der Waals surface area contributed by atoms with Gasteiger partial charge in [0.1, 0.15) is 5.60 Å². The number of hydrogen-bond acceptors (Lipinski definition) is 4. The first-order chi connectivity index (χ1) is 11.3. The van der Waals surface area contributed by atoms with E-state index in [0.29, 0.717) is 18.4 Å². The van der Waals surface area contributed by atoms with E-state index in [2.05, 4.69) is 17.6 Å². The van der Waals surface area contributed by atoms with E-state index in [1.165, 1.54) is 25.7 Å². The average Bonchev–Trinajstić information content (AvgIpc) is 2.53. The molecule has 2 aliphatic rings. The lowest BCUT2D eigenvalue weighted by atomic mass is 9.73. The predicted octanol–water partition coefficient (Wildman–Crippen LogP) is 3.48. The quantitative estimate of drug-likeness (QED) is 0.804. The van der Waals surface area contributed by atoms with Gasteiger partial charge in [-0.05, 0) is 58.3 Å². The van der Waals surface area contributed by atoms with Crippen LogP contribution in [0.4, 0.5) is 4.79 Å². The number of amides is 1. The van der Waals surface area contributed by atoms with Gasteiger partial charge in [0.25, 0.3) is 0 Å². The van der Waals surface area contributed by atoms with Gasteiger partial charge < -0.3 is 20.1 Å². The molecule has 1 saturated carbocycles. The molecule has 1 aliphatic heterocycles. The molecule has 0 aromatic carbocycles. The van der Waals surface area contributed by atoms with Crippen molar-refractivity contribution in [1.82, 2.24) is 10.6 Å². The number of carbonyl (C=O) groups excluding carboxylic acids is 1. The first-order valence-corrected chi connectivity index (χ1v) is 9.60. The summed E-state index contributed by atoms with van der Waals surface area (Å²) < 4.78 is 11.0. The summed E-state index contributed by atoms with van der Waals surface area (Å²) in [7, 11) is 0. The molecule has 0 spiro atoms. The Morgan fingerprint density at radius 1 is 1.25 bits per heavy atom. The Morgan fingerprint density at radius 2 is 2.04 bits per heavy atom. The molecule has 24 heavy (non-hydrogen) atoms. The summed E-state index contributed by atoms with van der Waals surface area (Å²) in [5.41, 5.74) is -0.477. The minimum absolute atomic E-state index is 0.0212. The summed E-state index contributed by atoms with van der Waals surface area (Å²) in [6.07, 6.45) is 6.89. The Balaban J connectivity index is 1.91. The van der Waals surface area contributed by atoms with E-state index < -0.39 is 5.60 Å². The summed E-state index contributed by atoms with van der Waals surface area (Å²) >= 11 is 0. The molecule has 1 heterocycles. The summed E-state index contributed by atoms with van der Waals surface area (Å²) in [6.45, 7) is 11.4. The van der Waals surface area contributed by atoms with Crippen LogP contribution in [0, 0.1) is 11.8 Å². The first kappa shape index (κ1) is 19.5. The van der Waals surface area contributed by atoms with Crippen LogP contribution in [0.15, 0.2) is 0 Å². The van der Waals surface area contributed by atoms with Gasteiger partial charge in [-0.25, -0.2) is 4.79 Å². The van der Waals surface area contributed by atoms with Crippen molar-refractivity contribution in [2.75, 3.05) is 26.3 Å². The molecule has 5 heteroatoms. The van der Waals surface area contributed by atoms with Crippen molar-refractivity contribution in [3.63, 3.8) is 0 Å². The smallest absolute Gasteiger partial charge is 0.407 e. The van der Waals surface area contributed by atoms with Crippen molar-refractivity contribution in [1.29, 1.82) is 0 Å². The normalized spacial score (nSPS) is 31.5. The molecule has 3 atom stereocenters. The summed E-state index contributed by atoms with van der Waals surface area (Å²) in [4.78, 5) is 12.1. The number of hydrogen-bond donors (Lipinski definition) is 2. The molecule has 1 amide bonds. The second kappa shape index (κ2) is 8.52. The molecule has 2 rings (SSSR count). The predicted molar refractivity (Wildman–Crippen MR) is 96.1 cm³/mol. The van der Waals surface area contributed by atoms with E-state index in [9.17, 15) is 4.79 Å². The summed E-state index contributed by atoms with van der Waals surface area (Å²) in [5, 5.41) is 6.84. The Morgan fingerprint density at radius 3 is 2.67 bits per heavy atom. The molecule has 5 nitrogen and oxygen atoms in total. The second-order valence-corrected chi connectivity index (χ2v) is 8.62. The molecular formula is C19H36N2O3. The number of alkyl carbamates (subject to hydrolysis) is 1. The van der Waals surface area contributed by atoms with Crippen LogP contribution in [0.5, 0.6) is 0 Å². The van der Waals surface area contributed by atoms with Crippen LogP contribution in [0.3, 0.4) is 0 Å². The maximum Gasteiger partial charge on any atom is 0.407 e. The summed E-state index contributed by atoms with van der Waals surface area (Å²) in [5.74, 6) is 1.14. The van der Waals surface area contributed by atoms with Crippen molar-refractivity contribution in [2.45, 2.75) is 77.4 Å². The van der Waals surface area contributed by atoms with Crippen LogP contribution >= 0.6 is 0 Å². The number of carbonyl (C=O) groups is 1. The molecule has 0 radical (unpaired) electrons. The van der Waals surface area contributed by atoms with Crippen LogP contribution in [0.2, 0.25) is 0 Å². The van der Waals surface area contributed by atoms with Gasteiger partial charge in [-0.1, -0.05) is 19.8 Å². The minimum atomic E-state index is -0.456. The van der Waals surface area contributed by atoms with Crippen molar-refractivity contribution in [3.8, 4) is 0 Å². The molecule has 140 valence electrons. The minimum Gasteiger partial charge on any atom is -0.444 e. The molecule has 2 fully saturated rings. The van der Waals surface area contributed by atoms with E-state index in [1.807, 2.05) is 20.8 Å². The third kappa shape index (κ3) is 5.92. The zero-order valence-electron chi connectivity index (χ0n) is 16.0. The Labute approximate surface area is 147 Å². The van der Waals surface area contributed by atoms with Gasteiger partial charge >= 0.3 is 6.09 Å². The van der Waals surface area contributed by atoms with Gasteiger partial charge in [0.15, 0.2) is 0 Å². The lowest BCUT2D eigenvalue weighted by Crippen LogP contribution is -2.60. The van der Waals surface area contributed by atoms with E-state index in [-0.39, 0.29) is 11.6 Å². The van der Waals surface area contributed by atoms with Crippen molar-refractivity contribution < 1.29 is 14.3 Å². The van der Waals surface area contributed by atoms with E-state index in [4.69, 9.17) is 9.47 Å². The maximum atomic E-state index is 12.1. The Bertz CT molecular complexity index is 402. The van der Waals surface area contributed by atoms with Crippen LogP contribution in [0.1, 0.15) is 66.2 Å². The van der Waals surface area contributed by atoms with Gasteiger partial charge in [0.05, 0.1) is 6.61 Å². The van der Waals surface area contributed by atoms with Gasteiger partial charge in [0, 0.05) is 25.2 Å². The van der Waals surface area contributed by atoms with Gasteiger partial charge in [0.2, 0.25) is 0 Å². The molecule has 2 N–H and O–H groups in total. The highest BCUT2D eigenvalue weighted by atomic mass is 16.6. The Hall–Kier alpha value is -0.810. The maximum absolute atomic E-state index is 12.1. The topological polar surface area (TPSA) is 59.6 Å². The van der Waals surface area contributed by atoms with Crippen molar-refractivity contribution >= 4 is 6.09 Å². The highest BCUT2D eigenvalue weighted by Gasteiger charge is 2.38. The standard InChI is InChI=1S/C19H36N2O3/c1-15-8-5-6-10-19(15,14-20-17(22)24-18(2,3)4)21-12-16-9-7-11-23-13-16/h15-16,21H,5-14H2,1-4H3,(H,20,22). The fourth-order valence-corrected chi connectivity index (χ4v) is 3.86. The molecule has 3 unspecified atom stereocenters. The van der Waals surface area contributed by atoms with Gasteiger partial charge in [-0.2, -0.15) is 0 Å². The zero-order chi connectivity index (χ0) is 17.6. The third-order valence-corrected chi connectivity index (χ3v) is 5.40. The number of ether oxygens (including phenoxy) is 2. The van der Waals surface area contributed by atoms with Crippen LogP contribution in [0.25, 0.3) is 0 Å². The largest absolute Gasteiger partial charge is 0.444 e. The van der Waals surface area contributed by atoms with Crippen LogP contribution in [-0.2, 0) is 9.47 Å². The fraction of sp³-hybridized carbons (Fsp3) is 0.947. The first-order valence-electron chi connectivity index (χ1n) is 9.60. The molecule has 0 aromatic rings. The zero-order valence-corrected chi connectivity index (χ0v) is 16.0. The van der Waals surface area contributed by atoms with Crippen molar-refractivity contribution in [2.24, 2.45) is 11.8 Å². The van der Waals surface area contributed by atoms with Crippen LogP contribution < -0.4 is 10.6 Å². The average molecular weight is 341 g/mol. The van der Waals surface area contributed by atoms with Gasteiger partial charge in [-0.3, -0.25) is 0 Å². The number of nitrogens with one attached hydrogen (secondary N) is 2. The third-order valence-electron chi connectivity index (χ3n) is 5.40.